The summed E-state index contributed by atoms with van der Waals surface area (Å²) in [5, 5.41) is 12.3. The van der Waals surface area contributed by atoms with Gasteiger partial charge in [-0.05, 0) is 18.2 Å². The van der Waals surface area contributed by atoms with Crippen LogP contribution >= 0.6 is 11.6 Å². The van der Waals surface area contributed by atoms with Crippen LogP contribution in [0.1, 0.15) is 11.3 Å². The fourth-order valence-electron chi connectivity index (χ4n) is 1.24. The Morgan fingerprint density at radius 1 is 1.50 bits per heavy atom. The summed E-state index contributed by atoms with van der Waals surface area (Å²) < 4.78 is 5.07. The molecule has 0 saturated heterocycles. The number of hydrogen-bond acceptors (Lipinski definition) is 4. The lowest BCUT2D eigenvalue weighted by molar-refractivity contribution is 0.512. The molecule has 0 saturated carbocycles. The summed E-state index contributed by atoms with van der Waals surface area (Å²) >= 11 is 5.99. The third kappa shape index (κ3) is 2.33. The number of nitrogens with one attached hydrogen (secondary N) is 1. The van der Waals surface area contributed by atoms with Gasteiger partial charge in [-0.15, -0.1) is 0 Å². The van der Waals surface area contributed by atoms with E-state index in [4.69, 9.17) is 21.3 Å². The number of aromatic nitrogens is 1. The van der Waals surface area contributed by atoms with Gasteiger partial charge in [0.2, 0.25) is 0 Å². The highest BCUT2D eigenvalue weighted by Crippen LogP contribution is 2.23. The van der Waals surface area contributed by atoms with E-state index in [1.807, 2.05) is 6.07 Å². The van der Waals surface area contributed by atoms with Crippen molar-refractivity contribution in [2.24, 2.45) is 0 Å². The van der Waals surface area contributed by atoms with E-state index in [-0.39, 0.29) is 0 Å². The van der Waals surface area contributed by atoms with E-state index < -0.39 is 0 Å². The first-order valence-corrected chi connectivity index (χ1v) is 4.98. The molecular formula is C11H8ClN3O. The van der Waals surface area contributed by atoms with Gasteiger partial charge in [-0.1, -0.05) is 11.6 Å². The van der Waals surface area contributed by atoms with Gasteiger partial charge in [0.25, 0.3) is 0 Å². The first-order valence-electron chi connectivity index (χ1n) is 4.60. The summed E-state index contributed by atoms with van der Waals surface area (Å²) in [5.74, 6) is 0.723. The van der Waals surface area contributed by atoms with E-state index >= 15 is 0 Å². The van der Waals surface area contributed by atoms with E-state index in [2.05, 4.69) is 10.3 Å². The third-order valence-corrected chi connectivity index (χ3v) is 2.35. The zero-order valence-corrected chi connectivity index (χ0v) is 9.03. The van der Waals surface area contributed by atoms with E-state index in [0.717, 1.165) is 11.4 Å². The lowest BCUT2D eigenvalue weighted by Gasteiger charge is -2.06. The van der Waals surface area contributed by atoms with Gasteiger partial charge in [-0.3, -0.25) is 0 Å². The maximum atomic E-state index is 8.68. The Balaban J connectivity index is 2.08. The van der Waals surface area contributed by atoms with E-state index in [1.165, 1.54) is 6.39 Å². The Hall–Kier alpha value is -1.99. The monoisotopic (exact) mass is 233 g/mol. The summed E-state index contributed by atoms with van der Waals surface area (Å²) in [4.78, 5) is 3.80. The smallest absolute Gasteiger partial charge is 0.180 e. The normalized spacial score (nSPS) is 9.75. The molecule has 1 aromatic carbocycles. The fraction of sp³-hybridized carbons (Fsp3) is 0.0909. The van der Waals surface area contributed by atoms with Crippen molar-refractivity contribution in [1.29, 1.82) is 5.26 Å². The summed E-state index contributed by atoms with van der Waals surface area (Å²) in [6.07, 6.45) is 3.00. The average Bonchev–Trinajstić information content (AvgIpc) is 2.80. The minimum atomic E-state index is 0.506. The second-order valence-corrected chi connectivity index (χ2v) is 3.53. The van der Waals surface area contributed by atoms with Crippen molar-refractivity contribution in [2.75, 3.05) is 5.32 Å². The Bertz CT molecular complexity index is 517. The average molecular weight is 234 g/mol. The third-order valence-electron chi connectivity index (χ3n) is 2.03. The predicted molar refractivity (Wildman–Crippen MR) is 60.0 cm³/mol. The van der Waals surface area contributed by atoms with Crippen molar-refractivity contribution in [3.05, 3.63) is 47.1 Å². The number of nitrogens with zero attached hydrogens (tertiary/aromatic N) is 2. The van der Waals surface area contributed by atoms with Crippen LogP contribution in [-0.4, -0.2) is 4.98 Å². The van der Waals surface area contributed by atoms with Gasteiger partial charge in [0, 0.05) is 0 Å². The molecule has 0 unspecified atom stereocenters. The zero-order chi connectivity index (χ0) is 11.4. The molecule has 0 radical (unpaired) electrons. The van der Waals surface area contributed by atoms with Crippen LogP contribution in [0.4, 0.5) is 5.69 Å². The Morgan fingerprint density at radius 3 is 3.00 bits per heavy atom. The van der Waals surface area contributed by atoms with Crippen LogP contribution in [0.15, 0.2) is 35.2 Å². The second-order valence-electron chi connectivity index (χ2n) is 3.13. The van der Waals surface area contributed by atoms with Crippen LogP contribution in [0.5, 0.6) is 0 Å². The van der Waals surface area contributed by atoms with Crippen molar-refractivity contribution in [3.8, 4) is 6.07 Å². The summed E-state index contributed by atoms with van der Waals surface area (Å²) in [6.45, 7) is 0.506. The van der Waals surface area contributed by atoms with Crippen molar-refractivity contribution >= 4 is 17.3 Å². The molecule has 0 bridgehead atoms. The lowest BCUT2D eigenvalue weighted by Crippen LogP contribution is -1.98. The van der Waals surface area contributed by atoms with E-state index in [0.29, 0.717) is 17.1 Å². The molecule has 1 N–H and O–H groups in total. The molecule has 0 spiro atoms. The molecule has 2 aromatic rings. The number of hydrogen-bond donors (Lipinski definition) is 1. The quantitative estimate of drug-likeness (QED) is 0.886. The number of benzene rings is 1. The molecule has 5 heteroatoms. The number of halogens is 1. The van der Waals surface area contributed by atoms with Crippen molar-refractivity contribution < 1.29 is 4.42 Å². The molecule has 0 aliphatic heterocycles. The first-order chi connectivity index (χ1) is 7.79. The molecule has 0 aliphatic carbocycles. The Kier molecular flexibility index (Phi) is 3.08. The standard InChI is InChI=1S/C11H8ClN3O/c12-10-3-8(4-13)1-2-11(10)15-6-9-5-14-7-16-9/h1-3,5,7,15H,6H2. The van der Waals surface area contributed by atoms with Crippen LogP contribution in [0.3, 0.4) is 0 Å². The molecule has 2 rings (SSSR count). The van der Waals surface area contributed by atoms with Crippen LogP contribution in [0, 0.1) is 11.3 Å². The molecule has 1 heterocycles. The van der Waals surface area contributed by atoms with Gasteiger partial charge in [-0.2, -0.15) is 5.26 Å². The maximum Gasteiger partial charge on any atom is 0.180 e. The van der Waals surface area contributed by atoms with E-state index in [9.17, 15) is 0 Å². The van der Waals surface area contributed by atoms with E-state index in [1.54, 1.807) is 24.4 Å². The first kappa shape index (κ1) is 10.5. The number of oxazole rings is 1. The molecule has 1 aromatic heterocycles. The highest BCUT2D eigenvalue weighted by Gasteiger charge is 2.02. The second kappa shape index (κ2) is 4.69. The lowest BCUT2D eigenvalue weighted by atomic mass is 10.2. The molecule has 4 nitrogen and oxygen atoms in total. The van der Waals surface area contributed by atoms with Gasteiger partial charge in [0.05, 0.1) is 35.1 Å². The van der Waals surface area contributed by atoms with Gasteiger partial charge in [0.15, 0.2) is 6.39 Å². The predicted octanol–water partition coefficient (Wildman–Crippen LogP) is 2.81. The summed E-state index contributed by atoms with van der Waals surface area (Å²) in [7, 11) is 0. The number of rotatable bonds is 3. The van der Waals surface area contributed by atoms with Crippen molar-refractivity contribution in [3.63, 3.8) is 0 Å². The van der Waals surface area contributed by atoms with Crippen molar-refractivity contribution in [1.82, 2.24) is 4.98 Å². The molecule has 0 fully saturated rings. The van der Waals surface area contributed by atoms with Crippen LogP contribution in [0.2, 0.25) is 5.02 Å². The molecule has 16 heavy (non-hydrogen) atoms. The molecule has 0 atom stereocenters. The van der Waals surface area contributed by atoms with Gasteiger partial charge < -0.3 is 9.73 Å². The molecular weight excluding hydrogens is 226 g/mol. The van der Waals surface area contributed by atoms with Gasteiger partial charge >= 0.3 is 0 Å². The minimum absolute atomic E-state index is 0.506. The Morgan fingerprint density at radius 2 is 2.38 bits per heavy atom. The molecule has 0 amide bonds. The Labute approximate surface area is 97.5 Å². The summed E-state index contributed by atoms with van der Waals surface area (Å²) in [5.41, 5.74) is 1.30. The summed E-state index contributed by atoms with van der Waals surface area (Å²) in [6, 6.07) is 7.10. The van der Waals surface area contributed by atoms with Crippen LogP contribution in [-0.2, 0) is 6.54 Å². The molecule has 0 aliphatic rings. The zero-order valence-electron chi connectivity index (χ0n) is 8.27. The minimum Gasteiger partial charge on any atom is -0.447 e. The highest BCUT2D eigenvalue weighted by atomic mass is 35.5. The largest absolute Gasteiger partial charge is 0.447 e. The van der Waals surface area contributed by atoms with Crippen molar-refractivity contribution in [2.45, 2.75) is 6.54 Å². The van der Waals surface area contributed by atoms with Crippen LogP contribution < -0.4 is 5.32 Å². The maximum absolute atomic E-state index is 8.68. The topological polar surface area (TPSA) is 61.9 Å². The number of nitriles is 1. The highest BCUT2D eigenvalue weighted by molar-refractivity contribution is 6.33. The van der Waals surface area contributed by atoms with Gasteiger partial charge in [0.1, 0.15) is 5.76 Å². The molecule has 80 valence electrons. The SMILES string of the molecule is N#Cc1ccc(NCc2cnco2)c(Cl)c1. The van der Waals surface area contributed by atoms with Crippen LogP contribution in [0.25, 0.3) is 0 Å². The fourth-order valence-corrected chi connectivity index (χ4v) is 1.49. The number of anilines is 1. The van der Waals surface area contributed by atoms with Gasteiger partial charge in [-0.25, -0.2) is 4.98 Å².